The maximum Gasteiger partial charge on any atom is 0.373 e. The SMILES string of the molecule is FC1(F)CN(c2nnc(Br)s2)CCO1. The van der Waals surface area contributed by atoms with Crippen LogP contribution in [0, 0.1) is 0 Å². The van der Waals surface area contributed by atoms with E-state index in [0.717, 1.165) is 0 Å². The quantitative estimate of drug-likeness (QED) is 0.788. The van der Waals surface area contributed by atoms with Crippen LogP contribution in [0.2, 0.25) is 0 Å². The Labute approximate surface area is 91.0 Å². The van der Waals surface area contributed by atoms with Crippen LogP contribution in [0.1, 0.15) is 0 Å². The topological polar surface area (TPSA) is 38.2 Å². The van der Waals surface area contributed by atoms with Crippen LogP contribution in [0.5, 0.6) is 0 Å². The van der Waals surface area contributed by atoms with Crippen LogP contribution in [-0.4, -0.2) is 36.0 Å². The highest BCUT2D eigenvalue weighted by atomic mass is 79.9. The zero-order chi connectivity index (χ0) is 10.2. The summed E-state index contributed by atoms with van der Waals surface area (Å²) in [7, 11) is 0. The van der Waals surface area contributed by atoms with Crippen molar-refractivity contribution in [1.82, 2.24) is 10.2 Å². The lowest BCUT2D eigenvalue weighted by molar-refractivity contribution is -0.240. The molecule has 2 heterocycles. The van der Waals surface area contributed by atoms with Gasteiger partial charge in [-0.1, -0.05) is 11.3 Å². The molecule has 78 valence electrons. The van der Waals surface area contributed by atoms with Crippen LogP contribution in [0.25, 0.3) is 0 Å². The van der Waals surface area contributed by atoms with E-state index >= 15 is 0 Å². The van der Waals surface area contributed by atoms with Gasteiger partial charge in [0.25, 0.3) is 0 Å². The first kappa shape index (κ1) is 10.2. The van der Waals surface area contributed by atoms with E-state index in [2.05, 4.69) is 30.9 Å². The standard InChI is InChI=1S/C6H6BrF2N3OS/c7-4-10-11-5(14-4)12-1-2-13-6(8,9)3-12/h1-3H2. The molecule has 0 bridgehead atoms. The number of nitrogens with zero attached hydrogens (tertiary/aromatic N) is 3. The van der Waals surface area contributed by atoms with Crippen molar-refractivity contribution in [3.63, 3.8) is 0 Å². The molecule has 0 amide bonds. The Balaban J connectivity index is 2.12. The van der Waals surface area contributed by atoms with Crippen LogP contribution >= 0.6 is 27.3 Å². The van der Waals surface area contributed by atoms with Crippen molar-refractivity contribution in [1.29, 1.82) is 0 Å². The molecule has 0 saturated carbocycles. The Hall–Kier alpha value is -0.340. The molecule has 0 aliphatic carbocycles. The molecule has 0 atom stereocenters. The summed E-state index contributed by atoms with van der Waals surface area (Å²) < 4.78 is 30.5. The molecule has 2 rings (SSSR count). The molecule has 8 heteroatoms. The van der Waals surface area contributed by atoms with Crippen molar-refractivity contribution < 1.29 is 13.5 Å². The van der Waals surface area contributed by atoms with Crippen molar-refractivity contribution in [3.05, 3.63) is 3.92 Å². The lowest BCUT2D eigenvalue weighted by Crippen LogP contribution is -2.46. The molecule has 1 saturated heterocycles. The second kappa shape index (κ2) is 3.67. The Morgan fingerprint density at radius 3 is 2.86 bits per heavy atom. The fraction of sp³-hybridized carbons (Fsp3) is 0.667. The van der Waals surface area contributed by atoms with Crippen LogP contribution in [0.15, 0.2) is 3.92 Å². The highest BCUT2D eigenvalue weighted by Crippen LogP contribution is 2.29. The maximum atomic E-state index is 12.8. The predicted molar refractivity (Wildman–Crippen MR) is 50.7 cm³/mol. The smallest absolute Gasteiger partial charge is 0.336 e. The van der Waals surface area contributed by atoms with Gasteiger partial charge in [-0.3, -0.25) is 0 Å². The average molecular weight is 286 g/mol. The first-order valence-electron chi connectivity index (χ1n) is 3.82. The molecule has 1 fully saturated rings. The molecule has 14 heavy (non-hydrogen) atoms. The van der Waals surface area contributed by atoms with Gasteiger partial charge in [0.2, 0.25) is 5.13 Å². The Bertz CT molecular complexity index is 335. The van der Waals surface area contributed by atoms with Crippen LogP contribution in [0.3, 0.4) is 0 Å². The third-order valence-corrected chi connectivity index (χ3v) is 3.13. The van der Waals surface area contributed by atoms with Gasteiger partial charge < -0.3 is 9.64 Å². The van der Waals surface area contributed by atoms with Crippen molar-refractivity contribution in [2.75, 3.05) is 24.6 Å². The van der Waals surface area contributed by atoms with Crippen molar-refractivity contribution >= 4 is 32.4 Å². The molecule has 0 spiro atoms. The lowest BCUT2D eigenvalue weighted by atomic mass is 10.4. The maximum absolute atomic E-state index is 12.8. The molecule has 4 nitrogen and oxygen atoms in total. The lowest BCUT2D eigenvalue weighted by Gasteiger charge is -2.31. The van der Waals surface area contributed by atoms with E-state index in [1.54, 1.807) is 0 Å². The summed E-state index contributed by atoms with van der Waals surface area (Å²) in [5.41, 5.74) is 0. The van der Waals surface area contributed by atoms with Gasteiger partial charge in [0, 0.05) is 6.54 Å². The zero-order valence-corrected chi connectivity index (χ0v) is 9.32. The first-order chi connectivity index (χ1) is 6.57. The second-order valence-corrected chi connectivity index (χ2v) is 4.98. The molecule has 1 aromatic rings. The van der Waals surface area contributed by atoms with Gasteiger partial charge in [0.1, 0.15) is 6.54 Å². The Kier molecular flexibility index (Phi) is 2.67. The van der Waals surface area contributed by atoms with Gasteiger partial charge in [0.15, 0.2) is 3.92 Å². The minimum absolute atomic E-state index is 0.00417. The second-order valence-electron chi connectivity index (χ2n) is 2.74. The molecular weight excluding hydrogens is 280 g/mol. The Morgan fingerprint density at radius 2 is 2.29 bits per heavy atom. The first-order valence-corrected chi connectivity index (χ1v) is 5.43. The number of hydrogen-bond acceptors (Lipinski definition) is 5. The molecular formula is C6H6BrF2N3OS. The van der Waals surface area contributed by atoms with Gasteiger partial charge in [0.05, 0.1) is 6.61 Å². The zero-order valence-electron chi connectivity index (χ0n) is 6.91. The summed E-state index contributed by atoms with van der Waals surface area (Å²) in [6.07, 6.45) is -3.09. The number of morpholine rings is 1. The monoisotopic (exact) mass is 285 g/mol. The van der Waals surface area contributed by atoms with Crippen molar-refractivity contribution in [3.8, 4) is 0 Å². The summed E-state index contributed by atoms with van der Waals surface area (Å²) in [5.74, 6) is 0. The van der Waals surface area contributed by atoms with Crippen molar-refractivity contribution in [2.24, 2.45) is 0 Å². The minimum atomic E-state index is -3.09. The number of halogens is 3. The van der Waals surface area contributed by atoms with E-state index in [0.29, 0.717) is 15.6 Å². The number of rotatable bonds is 1. The molecule has 1 aliphatic rings. The summed E-state index contributed by atoms with van der Waals surface area (Å²) in [4.78, 5) is 1.46. The fourth-order valence-corrected chi connectivity index (χ4v) is 2.25. The fourth-order valence-electron chi connectivity index (χ4n) is 1.14. The number of anilines is 1. The van der Waals surface area contributed by atoms with Crippen LogP contribution in [-0.2, 0) is 4.74 Å². The predicted octanol–water partition coefficient (Wildman–Crippen LogP) is 1.73. The van der Waals surface area contributed by atoms with Gasteiger partial charge in [-0.2, -0.15) is 8.78 Å². The number of aromatic nitrogens is 2. The van der Waals surface area contributed by atoms with E-state index < -0.39 is 12.7 Å². The van der Waals surface area contributed by atoms with Gasteiger partial charge >= 0.3 is 6.11 Å². The van der Waals surface area contributed by atoms with Crippen molar-refractivity contribution in [2.45, 2.75) is 6.11 Å². The third-order valence-electron chi connectivity index (χ3n) is 1.71. The van der Waals surface area contributed by atoms with E-state index in [9.17, 15) is 8.78 Å². The largest absolute Gasteiger partial charge is 0.373 e. The summed E-state index contributed by atoms with van der Waals surface area (Å²) in [6, 6.07) is 0. The van der Waals surface area contributed by atoms with Gasteiger partial charge in [-0.25, -0.2) is 0 Å². The highest BCUT2D eigenvalue weighted by molar-refractivity contribution is 9.11. The number of alkyl halides is 2. The summed E-state index contributed by atoms with van der Waals surface area (Å²) >= 11 is 4.35. The normalized spacial score (nSPS) is 21.2. The average Bonchev–Trinajstić information content (AvgIpc) is 2.50. The highest BCUT2D eigenvalue weighted by Gasteiger charge is 2.37. The van der Waals surface area contributed by atoms with Crippen LogP contribution < -0.4 is 4.90 Å². The molecule has 0 unspecified atom stereocenters. The van der Waals surface area contributed by atoms with E-state index in [4.69, 9.17) is 0 Å². The Morgan fingerprint density at radius 1 is 1.50 bits per heavy atom. The van der Waals surface area contributed by atoms with Crippen LogP contribution in [0.4, 0.5) is 13.9 Å². The van der Waals surface area contributed by atoms with E-state index in [1.165, 1.54) is 16.2 Å². The summed E-state index contributed by atoms with van der Waals surface area (Å²) in [5, 5.41) is 7.95. The molecule has 0 aromatic carbocycles. The van der Waals surface area contributed by atoms with Gasteiger partial charge in [-0.15, -0.1) is 10.2 Å². The molecule has 0 radical (unpaired) electrons. The molecule has 0 N–H and O–H groups in total. The van der Waals surface area contributed by atoms with Gasteiger partial charge in [-0.05, 0) is 15.9 Å². The molecule has 1 aliphatic heterocycles. The van der Waals surface area contributed by atoms with E-state index in [1.807, 2.05) is 0 Å². The summed E-state index contributed by atoms with van der Waals surface area (Å²) in [6.45, 7) is -0.0456. The molecule has 1 aromatic heterocycles. The number of ether oxygens (including phenoxy) is 1. The number of hydrogen-bond donors (Lipinski definition) is 0. The minimum Gasteiger partial charge on any atom is -0.336 e. The van der Waals surface area contributed by atoms with E-state index in [-0.39, 0.29) is 6.61 Å². The third kappa shape index (κ3) is 2.18.